The predicted molar refractivity (Wildman–Crippen MR) is 74.7 cm³/mol. The summed E-state index contributed by atoms with van der Waals surface area (Å²) in [6, 6.07) is 0.334. The number of rotatable bonds is 6. The van der Waals surface area contributed by atoms with E-state index in [1.165, 1.54) is 6.26 Å². The largest absolute Gasteiger partial charge is 0.336 e. The highest BCUT2D eigenvalue weighted by molar-refractivity contribution is 7.90. The first kappa shape index (κ1) is 14.8. The van der Waals surface area contributed by atoms with Gasteiger partial charge in [0.2, 0.25) is 5.91 Å². The molecule has 1 heterocycles. The molecule has 0 aromatic carbocycles. The minimum absolute atomic E-state index is 0.0628. The van der Waals surface area contributed by atoms with Crippen LogP contribution in [0, 0.1) is 0 Å². The molecule has 2 atom stereocenters. The van der Waals surface area contributed by atoms with Gasteiger partial charge in [0.05, 0.1) is 5.75 Å². The second-order valence-electron chi connectivity index (χ2n) is 5.97. The zero-order chi connectivity index (χ0) is 14.0. The lowest BCUT2D eigenvalue weighted by atomic mass is 10.1. The quantitative estimate of drug-likeness (QED) is 0.775. The molecule has 110 valence electrons. The standard InChI is InChI=1S/C13H24N2O3S/c1-10(9-19(2,17)18)15(12-5-6-12)13(16)8-11-4-3-7-14-11/h10-12,14H,3-9H2,1-2H3. The lowest BCUT2D eigenvalue weighted by Crippen LogP contribution is -2.45. The van der Waals surface area contributed by atoms with Crippen molar-refractivity contribution in [2.75, 3.05) is 18.6 Å². The summed E-state index contributed by atoms with van der Waals surface area (Å²) in [5.74, 6) is 0.172. The Labute approximate surface area is 115 Å². The van der Waals surface area contributed by atoms with Crippen LogP contribution < -0.4 is 5.32 Å². The van der Waals surface area contributed by atoms with Crippen LogP contribution in [0.15, 0.2) is 0 Å². The van der Waals surface area contributed by atoms with E-state index in [-0.39, 0.29) is 29.8 Å². The van der Waals surface area contributed by atoms with Gasteiger partial charge in [0.25, 0.3) is 0 Å². The summed E-state index contributed by atoms with van der Waals surface area (Å²) in [5, 5.41) is 3.32. The van der Waals surface area contributed by atoms with E-state index in [1.807, 2.05) is 11.8 Å². The van der Waals surface area contributed by atoms with E-state index < -0.39 is 9.84 Å². The van der Waals surface area contributed by atoms with Crippen molar-refractivity contribution in [3.8, 4) is 0 Å². The Bertz CT molecular complexity index is 425. The van der Waals surface area contributed by atoms with E-state index in [0.717, 1.165) is 32.2 Å². The van der Waals surface area contributed by atoms with E-state index in [1.54, 1.807) is 0 Å². The Morgan fingerprint density at radius 2 is 2.05 bits per heavy atom. The van der Waals surface area contributed by atoms with Crippen molar-refractivity contribution in [3.05, 3.63) is 0 Å². The maximum atomic E-state index is 12.4. The van der Waals surface area contributed by atoms with Crippen LogP contribution in [0.5, 0.6) is 0 Å². The first-order valence-electron chi connectivity index (χ1n) is 7.09. The minimum atomic E-state index is -3.04. The van der Waals surface area contributed by atoms with Crippen molar-refractivity contribution < 1.29 is 13.2 Å². The molecule has 0 spiro atoms. The molecule has 0 aromatic rings. The molecule has 1 aliphatic heterocycles. The number of sulfone groups is 1. The Morgan fingerprint density at radius 1 is 1.37 bits per heavy atom. The summed E-state index contributed by atoms with van der Waals surface area (Å²) in [5.41, 5.74) is 0. The molecule has 2 rings (SSSR count). The lowest BCUT2D eigenvalue weighted by molar-refractivity contribution is -0.133. The SMILES string of the molecule is CC(CS(C)(=O)=O)N(C(=O)CC1CCCN1)C1CC1. The molecular formula is C13H24N2O3S. The maximum absolute atomic E-state index is 12.4. The molecule has 0 bridgehead atoms. The summed E-state index contributed by atoms with van der Waals surface area (Å²) in [6.07, 6.45) is 5.93. The third-order valence-corrected chi connectivity index (χ3v) is 4.92. The van der Waals surface area contributed by atoms with Gasteiger partial charge in [0.1, 0.15) is 9.84 Å². The van der Waals surface area contributed by atoms with Crippen LogP contribution in [0.2, 0.25) is 0 Å². The highest BCUT2D eigenvalue weighted by Gasteiger charge is 2.37. The van der Waals surface area contributed by atoms with Crippen molar-refractivity contribution in [2.45, 2.75) is 57.2 Å². The average Bonchev–Trinajstić information content (AvgIpc) is 2.93. The Morgan fingerprint density at radius 3 is 2.53 bits per heavy atom. The van der Waals surface area contributed by atoms with Crippen molar-refractivity contribution in [2.24, 2.45) is 0 Å². The minimum Gasteiger partial charge on any atom is -0.336 e. The van der Waals surface area contributed by atoms with E-state index in [0.29, 0.717) is 6.42 Å². The molecule has 1 saturated heterocycles. The van der Waals surface area contributed by atoms with Gasteiger partial charge in [-0.15, -0.1) is 0 Å². The molecule has 19 heavy (non-hydrogen) atoms. The highest BCUT2D eigenvalue weighted by Crippen LogP contribution is 2.30. The van der Waals surface area contributed by atoms with E-state index >= 15 is 0 Å². The predicted octanol–water partition coefficient (Wildman–Crippen LogP) is 0.553. The molecule has 2 unspecified atom stereocenters. The van der Waals surface area contributed by atoms with E-state index in [2.05, 4.69) is 5.32 Å². The van der Waals surface area contributed by atoms with Crippen LogP contribution in [0.4, 0.5) is 0 Å². The number of nitrogens with zero attached hydrogens (tertiary/aromatic N) is 1. The molecule has 1 aliphatic carbocycles. The molecule has 0 aromatic heterocycles. The molecule has 0 radical (unpaired) electrons. The first-order chi connectivity index (χ1) is 8.87. The number of amides is 1. The number of nitrogens with one attached hydrogen (secondary N) is 1. The Kier molecular flexibility index (Phi) is 4.50. The topological polar surface area (TPSA) is 66.5 Å². The molecule has 2 aliphatic rings. The van der Waals surface area contributed by atoms with Crippen LogP contribution in [0.1, 0.15) is 39.0 Å². The molecule has 1 saturated carbocycles. The summed E-state index contributed by atoms with van der Waals surface area (Å²) >= 11 is 0. The normalized spacial score (nSPS) is 25.3. The van der Waals surface area contributed by atoms with Gasteiger partial charge in [-0.05, 0) is 39.2 Å². The van der Waals surface area contributed by atoms with Crippen LogP contribution in [-0.4, -0.2) is 55.9 Å². The number of carbonyl (C=O) groups excluding carboxylic acids is 1. The van der Waals surface area contributed by atoms with Gasteiger partial charge in [0.15, 0.2) is 0 Å². The van der Waals surface area contributed by atoms with Crippen molar-refractivity contribution in [1.82, 2.24) is 10.2 Å². The van der Waals surface area contributed by atoms with Gasteiger partial charge in [0, 0.05) is 30.8 Å². The second kappa shape index (κ2) is 5.79. The zero-order valence-corrected chi connectivity index (χ0v) is 12.6. The fourth-order valence-electron chi connectivity index (χ4n) is 2.93. The summed E-state index contributed by atoms with van der Waals surface area (Å²) in [6.45, 7) is 2.83. The second-order valence-corrected chi connectivity index (χ2v) is 8.16. The Balaban J connectivity index is 1.96. The van der Waals surface area contributed by atoms with Crippen molar-refractivity contribution in [1.29, 1.82) is 0 Å². The highest BCUT2D eigenvalue weighted by atomic mass is 32.2. The van der Waals surface area contributed by atoms with Gasteiger partial charge in [-0.3, -0.25) is 4.79 Å². The summed E-state index contributed by atoms with van der Waals surface area (Å²) in [7, 11) is -3.04. The van der Waals surface area contributed by atoms with Crippen molar-refractivity contribution >= 4 is 15.7 Å². The molecule has 1 N–H and O–H groups in total. The number of carbonyl (C=O) groups is 1. The van der Waals surface area contributed by atoms with Gasteiger partial charge < -0.3 is 10.2 Å². The van der Waals surface area contributed by atoms with Crippen molar-refractivity contribution in [3.63, 3.8) is 0 Å². The third kappa shape index (κ3) is 4.45. The maximum Gasteiger partial charge on any atom is 0.224 e. The molecule has 5 nitrogen and oxygen atoms in total. The number of hydrogen-bond acceptors (Lipinski definition) is 4. The van der Waals surface area contributed by atoms with Crippen LogP contribution in [-0.2, 0) is 14.6 Å². The van der Waals surface area contributed by atoms with Gasteiger partial charge in [-0.1, -0.05) is 0 Å². The summed E-state index contributed by atoms with van der Waals surface area (Å²) < 4.78 is 22.8. The number of hydrogen-bond donors (Lipinski definition) is 1. The monoisotopic (exact) mass is 288 g/mol. The fourth-order valence-corrected chi connectivity index (χ4v) is 3.96. The molecular weight excluding hydrogens is 264 g/mol. The smallest absolute Gasteiger partial charge is 0.224 e. The molecule has 1 amide bonds. The van der Waals surface area contributed by atoms with E-state index in [4.69, 9.17) is 0 Å². The lowest BCUT2D eigenvalue weighted by Gasteiger charge is -2.30. The van der Waals surface area contributed by atoms with Crippen LogP contribution in [0.25, 0.3) is 0 Å². The Hall–Kier alpha value is -0.620. The zero-order valence-electron chi connectivity index (χ0n) is 11.8. The molecule has 6 heteroatoms. The van der Waals surface area contributed by atoms with Gasteiger partial charge in [-0.2, -0.15) is 0 Å². The first-order valence-corrected chi connectivity index (χ1v) is 9.15. The van der Waals surface area contributed by atoms with Gasteiger partial charge in [-0.25, -0.2) is 8.42 Å². The third-order valence-electron chi connectivity index (χ3n) is 3.83. The average molecular weight is 288 g/mol. The van der Waals surface area contributed by atoms with E-state index in [9.17, 15) is 13.2 Å². The molecule has 2 fully saturated rings. The summed E-state index contributed by atoms with van der Waals surface area (Å²) in [4.78, 5) is 14.2. The van der Waals surface area contributed by atoms with Gasteiger partial charge >= 0.3 is 0 Å². The van der Waals surface area contributed by atoms with Crippen LogP contribution in [0.3, 0.4) is 0 Å². The fraction of sp³-hybridized carbons (Fsp3) is 0.923. The van der Waals surface area contributed by atoms with Crippen LogP contribution >= 0.6 is 0 Å².